The van der Waals surface area contributed by atoms with E-state index >= 15 is 0 Å². The van der Waals surface area contributed by atoms with E-state index in [0.29, 0.717) is 11.3 Å². The van der Waals surface area contributed by atoms with Crippen LogP contribution in [0.2, 0.25) is 0 Å². The summed E-state index contributed by atoms with van der Waals surface area (Å²) >= 11 is 0. The summed E-state index contributed by atoms with van der Waals surface area (Å²) in [5.74, 6) is -0.931. The first kappa shape index (κ1) is 21.2. The summed E-state index contributed by atoms with van der Waals surface area (Å²) in [6.45, 7) is 5.65. The lowest BCUT2D eigenvalue weighted by Gasteiger charge is -2.15. The van der Waals surface area contributed by atoms with E-state index in [0.717, 1.165) is 33.2 Å². The number of ether oxygens (including phenoxy) is 1. The zero-order valence-corrected chi connectivity index (χ0v) is 17.5. The maximum Gasteiger partial charge on any atom is 0.326 e. The number of benzene rings is 2. The van der Waals surface area contributed by atoms with Crippen LogP contribution >= 0.6 is 0 Å². The fraction of sp³-hybridized carbons (Fsp3) is 0.250. The minimum absolute atomic E-state index is 0.206. The number of amides is 1. The highest BCUT2D eigenvalue weighted by atomic mass is 16.5. The van der Waals surface area contributed by atoms with Gasteiger partial charge in [-0.3, -0.25) is 4.79 Å². The van der Waals surface area contributed by atoms with Crippen LogP contribution in [0.1, 0.15) is 29.2 Å². The van der Waals surface area contributed by atoms with Gasteiger partial charge in [-0.25, -0.2) is 4.79 Å². The molecule has 0 aliphatic carbocycles. The first-order chi connectivity index (χ1) is 14.3. The van der Waals surface area contributed by atoms with Crippen LogP contribution in [0, 0.1) is 13.8 Å². The van der Waals surface area contributed by atoms with Gasteiger partial charge in [-0.1, -0.05) is 30.3 Å². The lowest BCUT2D eigenvalue weighted by molar-refractivity contribution is -0.141. The fourth-order valence-electron chi connectivity index (χ4n) is 3.53. The van der Waals surface area contributed by atoms with Crippen molar-refractivity contribution in [3.8, 4) is 5.75 Å². The molecule has 2 aromatic carbocycles. The van der Waals surface area contributed by atoms with Crippen molar-refractivity contribution in [3.63, 3.8) is 0 Å². The zero-order chi connectivity index (χ0) is 21.8. The number of aryl methyl sites for hydroxylation is 2. The molecule has 0 aliphatic heterocycles. The van der Waals surface area contributed by atoms with Gasteiger partial charge in [-0.15, -0.1) is 0 Å². The molecule has 1 aromatic heterocycles. The average molecular weight is 407 g/mol. The highest BCUT2D eigenvalue weighted by Gasteiger charge is 2.21. The van der Waals surface area contributed by atoms with E-state index in [1.807, 2.05) is 50.2 Å². The Morgan fingerprint density at radius 1 is 1.23 bits per heavy atom. The molecule has 0 spiro atoms. The number of aliphatic carboxylic acids is 1. The second-order valence-corrected chi connectivity index (χ2v) is 7.29. The Balaban J connectivity index is 1.87. The molecule has 3 rings (SSSR count). The van der Waals surface area contributed by atoms with Crippen molar-refractivity contribution in [2.45, 2.75) is 33.2 Å². The largest absolute Gasteiger partial charge is 0.496 e. The Morgan fingerprint density at radius 2 is 1.93 bits per heavy atom. The van der Waals surface area contributed by atoms with E-state index in [-0.39, 0.29) is 6.42 Å². The normalized spacial score (nSPS) is 12.6. The highest BCUT2D eigenvalue weighted by Crippen LogP contribution is 2.37. The van der Waals surface area contributed by atoms with Crippen LogP contribution in [0.25, 0.3) is 16.5 Å². The third kappa shape index (κ3) is 4.38. The quantitative estimate of drug-likeness (QED) is 0.571. The van der Waals surface area contributed by atoms with Crippen molar-refractivity contribution in [1.82, 2.24) is 5.32 Å². The molecule has 0 fully saturated rings. The van der Waals surface area contributed by atoms with Crippen LogP contribution in [0.5, 0.6) is 5.75 Å². The van der Waals surface area contributed by atoms with E-state index in [1.165, 1.54) is 6.08 Å². The minimum atomic E-state index is -1.08. The Labute approximate surface area is 175 Å². The summed E-state index contributed by atoms with van der Waals surface area (Å²) in [5.41, 5.74) is 4.85. The predicted molar refractivity (Wildman–Crippen MR) is 116 cm³/mol. The second-order valence-electron chi connectivity index (χ2n) is 7.29. The summed E-state index contributed by atoms with van der Waals surface area (Å²) in [6, 6.07) is 10.1. The number of hydrogen-bond acceptors (Lipinski definition) is 4. The molecular formula is C24H25NO5. The summed E-state index contributed by atoms with van der Waals surface area (Å²) in [6.07, 6.45) is 3.30. The van der Waals surface area contributed by atoms with Gasteiger partial charge in [0, 0.05) is 29.0 Å². The molecule has 1 unspecified atom stereocenters. The third-order valence-electron chi connectivity index (χ3n) is 5.11. The number of nitrogens with one attached hydrogen (secondary N) is 1. The second kappa shape index (κ2) is 8.86. The zero-order valence-electron chi connectivity index (χ0n) is 17.5. The van der Waals surface area contributed by atoms with E-state index < -0.39 is 17.9 Å². The van der Waals surface area contributed by atoms with Crippen LogP contribution in [-0.2, 0) is 16.0 Å². The molecule has 156 valence electrons. The molecule has 6 nitrogen and oxygen atoms in total. The maximum atomic E-state index is 12.6. The number of carboxylic acid groups (broad SMARTS) is 1. The molecule has 0 saturated heterocycles. The SMILES string of the molecule is COc1c(/C(C)=C/C(=O)NC(Cc2ccccc2)C(=O)O)cc2c(C)coc2c1C. The Hall–Kier alpha value is -3.54. The lowest BCUT2D eigenvalue weighted by Crippen LogP contribution is -2.41. The number of carbonyl (C=O) groups excluding carboxylic acids is 1. The predicted octanol–water partition coefficient (Wildman–Crippen LogP) is 4.27. The highest BCUT2D eigenvalue weighted by molar-refractivity contribution is 5.99. The number of hydrogen-bond donors (Lipinski definition) is 2. The molecule has 1 atom stereocenters. The average Bonchev–Trinajstić information content (AvgIpc) is 3.09. The van der Waals surface area contributed by atoms with Crippen molar-refractivity contribution in [3.05, 3.63) is 71.0 Å². The van der Waals surface area contributed by atoms with E-state index in [9.17, 15) is 14.7 Å². The lowest BCUT2D eigenvalue weighted by atomic mass is 9.98. The first-order valence-electron chi connectivity index (χ1n) is 9.63. The molecule has 30 heavy (non-hydrogen) atoms. The van der Waals surface area contributed by atoms with E-state index in [2.05, 4.69) is 5.32 Å². The molecule has 6 heteroatoms. The minimum Gasteiger partial charge on any atom is -0.496 e. The molecule has 3 aromatic rings. The molecule has 2 N–H and O–H groups in total. The topological polar surface area (TPSA) is 88.8 Å². The van der Waals surface area contributed by atoms with Gasteiger partial charge >= 0.3 is 5.97 Å². The van der Waals surface area contributed by atoms with Gasteiger partial charge in [0.15, 0.2) is 0 Å². The molecule has 0 saturated carbocycles. The van der Waals surface area contributed by atoms with Crippen LogP contribution in [0.4, 0.5) is 0 Å². The number of rotatable bonds is 7. The number of methoxy groups -OCH3 is 1. The van der Waals surface area contributed by atoms with Crippen molar-refractivity contribution in [2.24, 2.45) is 0 Å². The van der Waals surface area contributed by atoms with E-state index in [4.69, 9.17) is 9.15 Å². The number of allylic oxidation sites excluding steroid dienone is 1. The molecular weight excluding hydrogens is 382 g/mol. The smallest absolute Gasteiger partial charge is 0.326 e. The van der Waals surface area contributed by atoms with Gasteiger partial charge in [-0.05, 0) is 43.5 Å². The number of carbonyl (C=O) groups is 2. The summed E-state index contributed by atoms with van der Waals surface area (Å²) in [7, 11) is 1.57. The van der Waals surface area contributed by atoms with Gasteiger partial charge in [0.25, 0.3) is 0 Å². The molecule has 1 amide bonds. The monoisotopic (exact) mass is 407 g/mol. The first-order valence-corrected chi connectivity index (χ1v) is 9.63. The third-order valence-corrected chi connectivity index (χ3v) is 5.11. The molecule has 1 heterocycles. The molecule has 0 aliphatic rings. The maximum absolute atomic E-state index is 12.6. The molecule has 0 radical (unpaired) electrons. The van der Waals surface area contributed by atoms with Crippen LogP contribution in [0.3, 0.4) is 0 Å². The number of carboxylic acids is 1. The van der Waals surface area contributed by atoms with Crippen molar-refractivity contribution in [2.75, 3.05) is 7.11 Å². The standard InChI is InChI=1S/C24H25NO5/c1-14(18-12-19-15(2)13-30-23(19)16(3)22(18)29-4)10-21(26)25-20(24(27)28)11-17-8-6-5-7-9-17/h5-10,12-13,20H,11H2,1-4H3,(H,25,26)(H,27,28)/b14-10+. The van der Waals surface area contributed by atoms with Crippen molar-refractivity contribution in [1.29, 1.82) is 0 Å². The van der Waals surface area contributed by atoms with Crippen LogP contribution < -0.4 is 10.1 Å². The van der Waals surface area contributed by atoms with Gasteiger partial charge in [-0.2, -0.15) is 0 Å². The number of furan rings is 1. The van der Waals surface area contributed by atoms with Gasteiger partial charge < -0.3 is 19.6 Å². The van der Waals surface area contributed by atoms with Crippen LogP contribution in [-0.4, -0.2) is 30.1 Å². The van der Waals surface area contributed by atoms with E-state index in [1.54, 1.807) is 20.3 Å². The summed E-state index contributed by atoms with van der Waals surface area (Å²) in [4.78, 5) is 24.2. The van der Waals surface area contributed by atoms with Crippen molar-refractivity contribution < 1.29 is 23.8 Å². The van der Waals surface area contributed by atoms with Gasteiger partial charge in [0.05, 0.1) is 13.4 Å². The summed E-state index contributed by atoms with van der Waals surface area (Å²) in [5, 5.41) is 13.0. The fourth-order valence-corrected chi connectivity index (χ4v) is 3.53. The molecule has 0 bridgehead atoms. The Bertz CT molecular complexity index is 1110. The summed E-state index contributed by atoms with van der Waals surface area (Å²) < 4.78 is 11.2. The Kier molecular flexibility index (Phi) is 6.26. The van der Waals surface area contributed by atoms with Crippen molar-refractivity contribution >= 4 is 28.4 Å². The van der Waals surface area contributed by atoms with Crippen LogP contribution in [0.15, 0.2) is 53.2 Å². The number of fused-ring (bicyclic) bond motifs is 1. The van der Waals surface area contributed by atoms with Gasteiger partial charge in [0.1, 0.15) is 17.4 Å². The Morgan fingerprint density at radius 3 is 2.57 bits per heavy atom. The van der Waals surface area contributed by atoms with Gasteiger partial charge in [0.2, 0.25) is 5.91 Å².